The van der Waals surface area contributed by atoms with Gasteiger partial charge in [0.2, 0.25) is 0 Å². The molecule has 2 aromatic carbocycles. The maximum absolute atomic E-state index is 9.75. The molecular formula is C14H13BrClNO. The predicted octanol–water partition coefficient (Wildman–Crippen LogP) is 4.73. The minimum absolute atomic E-state index is 0.207. The monoisotopic (exact) mass is 325 g/mol. The molecule has 0 saturated heterocycles. The van der Waals surface area contributed by atoms with Crippen LogP contribution in [-0.4, -0.2) is 5.11 Å². The Morgan fingerprint density at radius 2 is 2.06 bits per heavy atom. The summed E-state index contributed by atoms with van der Waals surface area (Å²) >= 11 is 9.55. The molecule has 0 aliphatic carbocycles. The van der Waals surface area contributed by atoms with Crippen molar-refractivity contribution in [1.29, 1.82) is 0 Å². The van der Waals surface area contributed by atoms with Gasteiger partial charge in [-0.2, -0.15) is 0 Å². The first-order valence-corrected chi connectivity index (χ1v) is 6.71. The molecule has 0 radical (unpaired) electrons. The van der Waals surface area contributed by atoms with E-state index in [1.54, 1.807) is 18.2 Å². The summed E-state index contributed by atoms with van der Waals surface area (Å²) in [7, 11) is 0. The molecule has 0 heterocycles. The lowest BCUT2D eigenvalue weighted by Gasteiger charge is -2.11. The molecule has 2 nitrogen and oxygen atoms in total. The molecule has 0 aliphatic heterocycles. The third-order valence-electron chi connectivity index (χ3n) is 2.67. The summed E-state index contributed by atoms with van der Waals surface area (Å²) in [6.45, 7) is 2.52. The van der Waals surface area contributed by atoms with Gasteiger partial charge in [-0.25, -0.2) is 0 Å². The van der Waals surface area contributed by atoms with Gasteiger partial charge >= 0.3 is 0 Å². The smallest absolute Gasteiger partial charge is 0.122 e. The average molecular weight is 327 g/mol. The number of aromatic hydroxyl groups is 1. The fourth-order valence-electron chi connectivity index (χ4n) is 1.67. The average Bonchev–Trinajstić information content (AvgIpc) is 2.31. The summed E-state index contributed by atoms with van der Waals surface area (Å²) in [6, 6.07) is 11.2. The van der Waals surface area contributed by atoms with Gasteiger partial charge in [-0.15, -0.1) is 0 Å². The van der Waals surface area contributed by atoms with E-state index < -0.39 is 0 Å². The quantitative estimate of drug-likeness (QED) is 0.854. The Kier molecular flexibility index (Phi) is 4.15. The third kappa shape index (κ3) is 2.98. The van der Waals surface area contributed by atoms with E-state index in [2.05, 4.69) is 21.2 Å². The first kappa shape index (κ1) is 13.2. The van der Waals surface area contributed by atoms with Crippen LogP contribution >= 0.6 is 27.5 Å². The van der Waals surface area contributed by atoms with Gasteiger partial charge in [0.15, 0.2) is 0 Å². The van der Waals surface area contributed by atoms with E-state index in [1.807, 2.05) is 25.1 Å². The Labute approximate surface area is 120 Å². The molecule has 4 heteroatoms. The van der Waals surface area contributed by atoms with Crippen molar-refractivity contribution in [3.8, 4) is 5.75 Å². The molecule has 0 atom stereocenters. The van der Waals surface area contributed by atoms with E-state index in [-0.39, 0.29) is 5.75 Å². The van der Waals surface area contributed by atoms with Crippen molar-refractivity contribution in [1.82, 2.24) is 0 Å². The molecule has 2 rings (SSSR count). The number of hydrogen-bond acceptors (Lipinski definition) is 2. The zero-order valence-corrected chi connectivity index (χ0v) is 12.2. The van der Waals surface area contributed by atoms with Crippen LogP contribution in [0.4, 0.5) is 5.69 Å². The number of halogens is 2. The molecule has 0 aromatic heterocycles. The van der Waals surface area contributed by atoms with E-state index >= 15 is 0 Å². The summed E-state index contributed by atoms with van der Waals surface area (Å²) in [5.41, 5.74) is 2.86. The highest BCUT2D eigenvalue weighted by molar-refractivity contribution is 9.10. The molecule has 0 spiro atoms. The minimum Gasteiger partial charge on any atom is -0.508 e. The molecule has 2 aromatic rings. The maximum atomic E-state index is 9.75. The van der Waals surface area contributed by atoms with E-state index in [9.17, 15) is 5.11 Å². The van der Waals surface area contributed by atoms with Gasteiger partial charge in [0.25, 0.3) is 0 Å². The Balaban J connectivity index is 2.16. The van der Waals surface area contributed by atoms with Crippen LogP contribution in [0.1, 0.15) is 11.1 Å². The number of anilines is 1. The number of phenolic OH excluding ortho intramolecular Hbond substituents is 1. The van der Waals surface area contributed by atoms with Crippen molar-refractivity contribution in [2.24, 2.45) is 0 Å². The third-order valence-corrected chi connectivity index (χ3v) is 3.68. The summed E-state index contributed by atoms with van der Waals surface area (Å²) < 4.78 is 0.994. The standard InChI is InChI=1S/C14H13BrClNO/c1-9-5-6-13(11(15)7-9)17-8-10-12(16)3-2-4-14(10)18/h2-7,17-18H,8H2,1H3. The van der Waals surface area contributed by atoms with Gasteiger partial charge in [-0.3, -0.25) is 0 Å². The molecule has 0 amide bonds. The second-order valence-corrected chi connectivity index (χ2v) is 5.34. The molecule has 18 heavy (non-hydrogen) atoms. The van der Waals surface area contributed by atoms with Crippen LogP contribution in [-0.2, 0) is 6.54 Å². The molecule has 0 aliphatic rings. The molecule has 2 N–H and O–H groups in total. The zero-order valence-electron chi connectivity index (χ0n) is 9.87. The number of rotatable bonds is 3. The SMILES string of the molecule is Cc1ccc(NCc2c(O)cccc2Cl)c(Br)c1. The van der Waals surface area contributed by atoms with Crippen molar-refractivity contribution in [3.63, 3.8) is 0 Å². The van der Waals surface area contributed by atoms with Crippen molar-refractivity contribution in [2.45, 2.75) is 13.5 Å². The summed E-state index contributed by atoms with van der Waals surface area (Å²) in [5.74, 6) is 0.207. The molecule has 0 saturated carbocycles. The molecule has 94 valence electrons. The highest BCUT2D eigenvalue weighted by atomic mass is 79.9. The Bertz CT molecular complexity index is 551. The molecule has 0 unspecified atom stereocenters. The summed E-state index contributed by atoms with van der Waals surface area (Å²) in [6.07, 6.45) is 0. The van der Waals surface area contributed by atoms with Crippen LogP contribution in [0.2, 0.25) is 5.02 Å². The predicted molar refractivity (Wildman–Crippen MR) is 79.3 cm³/mol. The van der Waals surface area contributed by atoms with E-state index in [1.165, 1.54) is 5.56 Å². The van der Waals surface area contributed by atoms with Crippen LogP contribution < -0.4 is 5.32 Å². The van der Waals surface area contributed by atoms with Crippen LogP contribution in [0.3, 0.4) is 0 Å². The summed E-state index contributed by atoms with van der Waals surface area (Å²) in [4.78, 5) is 0. The lowest BCUT2D eigenvalue weighted by molar-refractivity contribution is 0.469. The lowest BCUT2D eigenvalue weighted by atomic mass is 10.2. The second-order valence-electron chi connectivity index (χ2n) is 4.07. The number of nitrogens with one attached hydrogen (secondary N) is 1. The lowest BCUT2D eigenvalue weighted by Crippen LogP contribution is -2.01. The molecule has 0 fully saturated rings. The first-order chi connectivity index (χ1) is 8.58. The van der Waals surface area contributed by atoms with Gasteiger partial charge in [-0.05, 0) is 52.7 Å². The fraction of sp³-hybridized carbons (Fsp3) is 0.143. The fourth-order valence-corrected chi connectivity index (χ4v) is 2.54. The Hall–Kier alpha value is -1.19. The van der Waals surface area contributed by atoms with E-state index in [0.29, 0.717) is 17.1 Å². The summed E-state index contributed by atoms with van der Waals surface area (Å²) in [5, 5.41) is 13.6. The highest BCUT2D eigenvalue weighted by Crippen LogP contribution is 2.28. The molecular weight excluding hydrogens is 314 g/mol. The first-order valence-electron chi connectivity index (χ1n) is 5.54. The van der Waals surface area contributed by atoms with Gasteiger partial charge in [0.05, 0.1) is 0 Å². The van der Waals surface area contributed by atoms with Crippen LogP contribution in [0.15, 0.2) is 40.9 Å². The van der Waals surface area contributed by atoms with Crippen molar-refractivity contribution in [2.75, 3.05) is 5.32 Å². The number of aryl methyl sites for hydroxylation is 1. The van der Waals surface area contributed by atoms with E-state index in [0.717, 1.165) is 10.2 Å². The van der Waals surface area contributed by atoms with Crippen LogP contribution in [0.25, 0.3) is 0 Å². The maximum Gasteiger partial charge on any atom is 0.122 e. The van der Waals surface area contributed by atoms with Gasteiger partial charge in [0.1, 0.15) is 5.75 Å². The largest absolute Gasteiger partial charge is 0.508 e. The molecule has 0 bridgehead atoms. The highest BCUT2D eigenvalue weighted by Gasteiger charge is 2.06. The van der Waals surface area contributed by atoms with Crippen LogP contribution in [0.5, 0.6) is 5.75 Å². The second kappa shape index (κ2) is 5.63. The zero-order chi connectivity index (χ0) is 13.1. The Morgan fingerprint density at radius 3 is 2.72 bits per heavy atom. The van der Waals surface area contributed by atoms with Crippen molar-refractivity contribution in [3.05, 3.63) is 57.0 Å². The van der Waals surface area contributed by atoms with Crippen LogP contribution in [0, 0.1) is 6.92 Å². The number of hydrogen-bond donors (Lipinski definition) is 2. The minimum atomic E-state index is 0.207. The Morgan fingerprint density at radius 1 is 1.28 bits per heavy atom. The van der Waals surface area contributed by atoms with E-state index in [4.69, 9.17) is 11.6 Å². The van der Waals surface area contributed by atoms with Gasteiger partial charge in [-0.1, -0.05) is 23.7 Å². The van der Waals surface area contributed by atoms with Crippen molar-refractivity contribution >= 4 is 33.2 Å². The van der Waals surface area contributed by atoms with Gasteiger partial charge in [0, 0.05) is 27.3 Å². The topological polar surface area (TPSA) is 32.3 Å². The number of benzene rings is 2. The van der Waals surface area contributed by atoms with Gasteiger partial charge < -0.3 is 10.4 Å². The number of phenols is 1. The van der Waals surface area contributed by atoms with Crippen molar-refractivity contribution < 1.29 is 5.11 Å². The normalized spacial score (nSPS) is 10.4.